The molecule has 0 unspecified atom stereocenters. The highest BCUT2D eigenvalue weighted by Crippen LogP contribution is 2.32. The summed E-state index contributed by atoms with van der Waals surface area (Å²) in [5.41, 5.74) is 0.281. The van der Waals surface area contributed by atoms with Gasteiger partial charge in [0.05, 0.1) is 5.69 Å². The molecule has 0 atom stereocenters. The molecule has 2 aromatic rings. The first-order valence-electron chi connectivity index (χ1n) is 6.36. The van der Waals surface area contributed by atoms with Crippen molar-refractivity contribution in [1.82, 2.24) is 0 Å². The number of ether oxygens (including phenoxy) is 1. The van der Waals surface area contributed by atoms with Gasteiger partial charge in [0, 0.05) is 10.5 Å². The van der Waals surface area contributed by atoms with E-state index in [0.29, 0.717) is 11.8 Å². The summed E-state index contributed by atoms with van der Waals surface area (Å²) in [6, 6.07) is 11.3. The summed E-state index contributed by atoms with van der Waals surface area (Å²) < 4.78 is 53.6. The van der Waals surface area contributed by atoms with Gasteiger partial charge in [-0.15, -0.1) is 0 Å². The van der Waals surface area contributed by atoms with Crippen LogP contribution in [0.1, 0.15) is 10.4 Å². The Morgan fingerprint density at radius 3 is 2.48 bits per heavy atom. The van der Waals surface area contributed by atoms with Crippen LogP contribution in [0.15, 0.2) is 53.4 Å². The van der Waals surface area contributed by atoms with Crippen LogP contribution >= 0.6 is 11.8 Å². The molecule has 0 aliphatic rings. The predicted molar refractivity (Wildman–Crippen MR) is 79.3 cm³/mol. The van der Waals surface area contributed by atoms with E-state index < -0.39 is 18.3 Å². The van der Waals surface area contributed by atoms with Gasteiger partial charge in [-0.25, -0.2) is 0 Å². The normalized spacial score (nSPS) is 10.9. The maximum Gasteiger partial charge on any atom is 0.387 e. The topological polar surface area (TPSA) is 38.3 Å². The molecule has 0 spiro atoms. The molecule has 0 saturated heterocycles. The first-order valence-corrected chi connectivity index (χ1v) is 7.24. The first kappa shape index (κ1) is 17.1. The highest BCUT2D eigenvalue weighted by atomic mass is 32.2. The van der Waals surface area contributed by atoms with E-state index in [9.17, 15) is 22.4 Å². The smallest absolute Gasteiger partial charge is 0.387 e. The highest BCUT2D eigenvalue weighted by molar-refractivity contribution is 7.99. The van der Waals surface area contributed by atoms with Gasteiger partial charge in [0.25, 0.3) is 11.7 Å². The molecule has 0 saturated carbocycles. The van der Waals surface area contributed by atoms with E-state index in [1.54, 1.807) is 12.1 Å². The zero-order valence-corrected chi connectivity index (χ0v) is 12.3. The lowest BCUT2D eigenvalue weighted by molar-refractivity contribution is -0.0498. The van der Waals surface area contributed by atoms with Gasteiger partial charge in [-0.3, -0.25) is 4.79 Å². The molecule has 1 N–H and O–H groups in total. The molecule has 0 aromatic heterocycles. The number of hydrogen-bond donors (Lipinski definition) is 1. The van der Waals surface area contributed by atoms with Gasteiger partial charge in [-0.05, 0) is 30.3 Å². The van der Waals surface area contributed by atoms with Crippen molar-refractivity contribution in [1.29, 1.82) is 0 Å². The molecule has 0 radical (unpaired) electrons. The van der Waals surface area contributed by atoms with Crippen molar-refractivity contribution in [3.63, 3.8) is 0 Å². The lowest BCUT2D eigenvalue weighted by atomic mass is 10.2. The molecule has 122 valence electrons. The number of carbonyl (C=O) groups is 1. The number of thioether (sulfide) groups is 1. The molecule has 2 rings (SSSR count). The zero-order chi connectivity index (χ0) is 16.8. The number of para-hydroxylation sites is 1. The lowest BCUT2D eigenvalue weighted by Crippen LogP contribution is -2.13. The van der Waals surface area contributed by atoms with E-state index in [1.807, 2.05) is 0 Å². The second-order valence-corrected chi connectivity index (χ2v) is 5.27. The van der Waals surface area contributed by atoms with Crippen molar-refractivity contribution in [2.45, 2.75) is 17.3 Å². The van der Waals surface area contributed by atoms with Crippen LogP contribution in [0.25, 0.3) is 0 Å². The Bertz CT molecular complexity index is 682. The number of nitrogens with one attached hydrogen (secondary N) is 1. The fraction of sp³-hybridized carbons (Fsp3) is 0.133. The number of alkyl halides is 4. The molecular weight excluding hydrogens is 334 g/mol. The van der Waals surface area contributed by atoms with Crippen molar-refractivity contribution in [3.05, 3.63) is 54.1 Å². The van der Waals surface area contributed by atoms with Crippen LogP contribution in [-0.4, -0.2) is 18.3 Å². The van der Waals surface area contributed by atoms with Gasteiger partial charge in [0.2, 0.25) is 0 Å². The average molecular weight is 345 g/mol. The Kier molecular flexibility index (Phi) is 5.86. The number of rotatable bonds is 6. The Morgan fingerprint density at radius 2 is 1.78 bits per heavy atom. The van der Waals surface area contributed by atoms with Crippen molar-refractivity contribution in [2.75, 3.05) is 5.32 Å². The zero-order valence-electron chi connectivity index (χ0n) is 11.5. The largest absolute Gasteiger partial charge is 0.435 e. The van der Waals surface area contributed by atoms with Gasteiger partial charge in [-0.1, -0.05) is 30.0 Å². The molecule has 1 amide bonds. The van der Waals surface area contributed by atoms with Gasteiger partial charge < -0.3 is 10.1 Å². The van der Waals surface area contributed by atoms with Gasteiger partial charge in [0.1, 0.15) is 5.75 Å². The summed E-state index contributed by atoms with van der Waals surface area (Å²) in [6.07, 6.45) is 0. The Morgan fingerprint density at radius 1 is 1.04 bits per heavy atom. The van der Waals surface area contributed by atoms with Gasteiger partial charge >= 0.3 is 6.61 Å². The monoisotopic (exact) mass is 345 g/mol. The van der Waals surface area contributed by atoms with Crippen LogP contribution in [0.2, 0.25) is 0 Å². The van der Waals surface area contributed by atoms with Crippen molar-refractivity contribution in [3.8, 4) is 5.75 Å². The lowest BCUT2D eigenvalue weighted by Gasteiger charge is -2.11. The quantitative estimate of drug-likeness (QED) is 0.600. The van der Waals surface area contributed by atoms with Crippen LogP contribution in [0.4, 0.5) is 23.2 Å². The van der Waals surface area contributed by atoms with Crippen LogP contribution in [0.5, 0.6) is 5.75 Å². The predicted octanol–water partition coefficient (Wildman–Crippen LogP) is 4.86. The molecule has 0 heterocycles. The Labute approximate surface area is 133 Å². The maximum absolute atomic E-state index is 12.5. The summed E-state index contributed by atoms with van der Waals surface area (Å²) >= 11 is 0.302. The van der Waals surface area contributed by atoms with E-state index in [4.69, 9.17) is 0 Å². The van der Waals surface area contributed by atoms with E-state index in [1.165, 1.54) is 30.3 Å². The second kappa shape index (κ2) is 7.87. The third-order valence-electron chi connectivity index (χ3n) is 2.67. The molecule has 0 aliphatic heterocycles. The van der Waals surface area contributed by atoms with Crippen molar-refractivity contribution >= 4 is 23.4 Å². The summed E-state index contributed by atoms with van der Waals surface area (Å²) in [7, 11) is 0. The molecule has 0 fully saturated rings. The van der Waals surface area contributed by atoms with Crippen molar-refractivity contribution < 1.29 is 27.1 Å². The van der Waals surface area contributed by atoms with Crippen LogP contribution < -0.4 is 10.1 Å². The summed E-state index contributed by atoms with van der Waals surface area (Å²) in [5, 5.41) is 2.48. The summed E-state index contributed by atoms with van der Waals surface area (Å²) in [6.45, 7) is -3.00. The number of amides is 1. The number of benzene rings is 2. The average Bonchev–Trinajstić information content (AvgIpc) is 2.48. The number of halogens is 4. The molecular formula is C15H11F4NO2S. The summed E-state index contributed by atoms with van der Waals surface area (Å²) in [4.78, 5) is 12.3. The standard InChI is InChI=1S/C15H11F4NO2S/c16-14(17)22-10-5-3-4-9(8-10)13(21)20-11-6-1-2-7-12(11)23-15(18)19/h1-8,14-15H,(H,20,21). The second-order valence-electron chi connectivity index (χ2n) is 4.24. The molecule has 8 heteroatoms. The Hall–Kier alpha value is -2.22. The first-order chi connectivity index (χ1) is 11.0. The van der Waals surface area contributed by atoms with E-state index in [0.717, 1.165) is 6.07 Å². The fourth-order valence-electron chi connectivity index (χ4n) is 1.78. The van der Waals surface area contributed by atoms with E-state index in [2.05, 4.69) is 10.1 Å². The van der Waals surface area contributed by atoms with Crippen LogP contribution in [0.3, 0.4) is 0 Å². The number of anilines is 1. The fourth-order valence-corrected chi connectivity index (χ4v) is 2.37. The SMILES string of the molecule is O=C(Nc1ccccc1SC(F)F)c1cccc(OC(F)F)c1. The molecule has 23 heavy (non-hydrogen) atoms. The molecule has 0 bridgehead atoms. The van der Waals surface area contributed by atoms with Gasteiger partial charge in [-0.2, -0.15) is 17.6 Å². The van der Waals surface area contributed by atoms with E-state index >= 15 is 0 Å². The molecule has 2 aromatic carbocycles. The third-order valence-corrected chi connectivity index (χ3v) is 3.46. The van der Waals surface area contributed by atoms with E-state index in [-0.39, 0.29) is 21.9 Å². The van der Waals surface area contributed by atoms with Gasteiger partial charge in [0.15, 0.2) is 0 Å². The minimum absolute atomic E-state index is 0.0694. The van der Waals surface area contributed by atoms with Crippen molar-refractivity contribution in [2.24, 2.45) is 0 Å². The summed E-state index contributed by atoms with van der Waals surface area (Å²) in [5.74, 6) is -3.41. The third kappa shape index (κ3) is 5.17. The maximum atomic E-state index is 12.5. The minimum atomic E-state index is -3.00. The highest BCUT2D eigenvalue weighted by Gasteiger charge is 2.14. The molecule has 3 nitrogen and oxygen atoms in total. The molecule has 0 aliphatic carbocycles. The number of hydrogen-bond acceptors (Lipinski definition) is 3. The number of carbonyl (C=O) groups excluding carboxylic acids is 1. The van der Waals surface area contributed by atoms with Crippen LogP contribution in [0, 0.1) is 0 Å². The Balaban J connectivity index is 2.16. The van der Waals surface area contributed by atoms with Crippen LogP contribution in [-0.2, 0) is 0 Å². The minimum Gasteiger partial charge on any atom is -0.435 e.